The number of hydrogen-bond donors (Lipinski definition) is 0. The third kappa shape index (κ3) is 6.84. The molecule has 3 heterocycles. The van der Waals surface area contributed by atoms with Crippen molar-refractivity contribution in [1.82, 2.24) is 19.2 Å². The fourth-order valence-electron chi connectivity index (χ4n) is 5.36. The molecular weight excluding hydrogens is 568 g/mol. The van der Waals surface area contributed by atoms with Crippen LogP contribution in [0.5, 0.6) is 0 Å². The molecule has 2 aromatic carbocycles. The van der Waals surface area contributed by atoms with Crippen LogP contribution in [0.4, 0.5) is 10.7 Å². The van der Waals surface area contributed by atoms with Crippen molar-refractivity contribution in [2.45, 2.75) is 26.3 Å². The number of anilines is 1. The van der Waals surface area contributed by atoms with E-state index in [2.05, 4.69) is 16.0 Å². The van der Waals surface area contributed by atoms with Gasteiger partial charge in [0.1, 0.15) is 6.61 Å². The highest BCUT2D eigenvalue weighted by Gasteiger charge is 2.43. The predicted octanol–water partition coefficient (Wildman–Crippen LogP) is 3.33. The maximum Gasteiger partial charge on any atom is 0.416 e. The van der Waals surface area contributed by atoms with Gasteiger partial charge in [0.2, 0.25) is 21.9 Å². The molecule has 0 N–H and O–H groups in total. The maximum absolute atomic E-state index is 13.7. The molecule has 2 amide bonds. The summed E-state index contributed by atoms with van der Waals surface area (Å²) in [7, 11) is -3.81. The number of imide groups is 1. The van der Waals surface area contributed by atoms with Crippen LogP contribution in [0.2, 0.25) is 0 Å². The van der Waals surface area contributed by atoms with Crippen molar-refractivity contribution in [2.24, 2.45) is 11.8 Å². The molecule has 2 atom stereocenters. The van der Waals surface area contributed by atoms with Crippen molar-refractivity contribution in [2.75, 3.05) is 43.4 Å². The fraction of sp³-hybridized carbons (Fsp3) is 0.387. The van der Waals surface area contributed by atoms with Crippen LogP contribution in [0.15, 0.2) is 67.0 Å². The van der Waals surface area contributed by atoms with Crippen molar-refractivity contribution < 1.29 is 22.7 Å². The summed E-state index contributed by atoms with van der Waals surface area (Å²) in [6.07, 6.45) is 3.13. The van der Waals surface area contributed by atoms with E-state index in [4.69, 9.17) is 10.00 Å². The zero-order valence-electron chi connectivity index (χ0n) is 24.2. The van der Waals surface area contributed by atoms with Crippen LogP contribution < -0.4 is 4.90 Å². The number of benzene rings is 2. The van der Waals surface area contributed by atoms with Crippen LogP contribution in [-0.4, -0.2) is 84.2 Å². The Hall–Kier alpha value is -4.34. The molecule has 0 bridgehead atoms. The number of rotatable bonds is 9. The van der Waals surface area contributed by atoms with E-state index >= 15 is 0 Å². The first-order valence-electron chi connectivity index (χ1n) is 14.3. The molecule has 5 rings (SSSR count). The van der Waals surface area contributed by atoms with Gasteiger partial charge < -0.3 is 9.64 Å². The minimum atomic E-state index is -3.81. The zero-order chi connectivity index (χ0) is 30.6. The van der Waals surface area contributed by atoms with Gasteiger partial charge in [0.25, 0.3) is 0 Å². The lowest BCUT2D eigenvalue weighted by Gasteiger charge is -2.35. The number of carbonyl (C=O) groups is 2. The van der Waals surface area contributed by atoms with E-state index in [1.165, 1.54) is 4.31 Å². The maximum atomic E-state index is 13.7. The molecule has 43 heavy (non-hydrogen) atoms. The van der Waals surface area contributed by atoms with Gasteiger partial charge in [0.05, 0.1) is 29.3 Å². The molecule has 2 fully saturated rings. The lowest BCUT2D eigenvalue weighted by molar-refractivity contribution is -0.134. The molecule has 0 spiro atoms. The highest BCUT2D eigenvalue weighted by Crippen LogP contribution is 2.26. The summed E-state index contributed by atoms with van der Waals surface area (Å²) in [6.45, 7) is 4.91. The first kappa shape index (κ1) is 30.1. The van der Waals surface area contributed by atoms with Crippen molar-refractivity contribution in [3.8, 4) is 17.2 Å². The van der Waals surface area contributed by atoms with E-state index in [0.29, 0.717) is 31.0 Å². The van der Waals surface area contributed by atoms with E-state index in [1.807, 2.05) is 47.4 Å². The third-order valence-corrected chi connectivity index (χ3v) is 9.86. The summed E-state index contributed by atoms with van der Waals surface area (Å²) in [5.74, 6) is -1.61. The summed E-state index contributed by atoms with van der Waals surface area (Å²) in [4.78, 5) is 38.3. The van der Waals surface area contributed by atoms with Crippen molar-refractivity contribution in [1.29, 1.82) is 5.26 Å². The monoisotopic (exact) mass is 602 g/mol. The zero-order valence-corrected chi connectivity index (χ0v) is 25.0. The van der Waals surface area contributed by atoms with Crippen LogP contribution in [0.1, 0.15) is 25.0 Å². The molecule has 0 radical (unpaired) electrons. The molecule has 1 aromatic heterocycles. The molecule has 11 nitrogen and oxygen atoms in total. The standard InChI is InChI=1S/C31H34N6O5S/c1-22(2)28(29(38)37-27(20-42-31(37)39)16-23-6-4-3-5-7-23)21-43(40,41)36-14-12-35(13-15-36)30-33-18-26(19-34-30)25-10-8-24(17-32)9-11-25/h3-11,18-19,22,27-28H,12-16,20-21H2,1-2H3/t27-,28-/m1/s1. The molecular formula is C31H34N6O5S. The number of amides is 2. The Bertz CT molecular complexity index is 1580. The summed E-state index contributed by atoms with van der Waals surface area (Å²) in [5.41, 5.74) is 3.24. The number of nitrogens with zero attached hydrogens (tertiary/aromatic N) is 6. The number of sulfonamides is 1. The number of cyclic esters (lactones) is 1. The molecule has 2 saturated heterocycles. The number of nitriles is 1. The molecule has 224 valence electrons. The predicted molar refractivity (Wildman–Crippen MR) is 160 cm³/mol. The number of ether oxygens (including phenoxy) is 1. The van der Waals surface area contributed by atoms with Gasteiger partial charge in [-0.05, 0) is 35.6 Å². The van der Waals surface area contributed by atoms with E-state index in [9.17, 15) is 18.0 Å². The Morgan fingerprint density at radius 1 is 1.00 bits per heavy atom. The lowest BCUT2D eigenvalue weighted by atomic mass is 9.95. The molecule has 2 aliphatic heterocycles. The lowest BCUT2D eigenvalue weighted by Crippen LogP contribution is -2.52. The van der Waals surface area contributed by atoms with Gasteiger partial charge in [-0.15, -0.1) is 0 Å². The van der Waals surface area contributed by atoms with Crippen LogP contribution in [-0.2, 0) is 26.0 Å². The van der Waals surface area contributed by atoms with Gasteiger partial charge in [-0.1, -0.05) is 56.3 Å². The Kier molecular flexibility index (Phi) is 9.03. The first-order chi connectivity index (χ1) is 20.7. The minimum Gasteiger partial charge on any atom is -0.447 e. The minimum absolute atomic E-state index is 0.0789. The Labute approximate surface area is 251 Å². The molecule has 0 aliphatic carbocycles. The second-order valence-electron chi connectivity index (χ2n) is 11.1. The van der Waals surface area contributed by atoms with Gasteiger partial charge in [-0.25, -0.2) is 28.1 Å². The molecule has 0 saturated carbocycles. The summed E-state index contributed by atoms with van der Waals surface area (Å²) < 4.78 is 33.7. The van der Waals surface area contributed by atoms with Crippen molar-refractivity contribution in [3.05, 3.63) is 78.1 Å². The van der Waals surface area contributed by atoms with Gasteiger partial charge in [0.15, 0.2) is 0 Å². The van der Waals surface area contributed by atoms with Gasteiger partial charge in [-0.2, -0.15) is 9.57 Å². The average Bonchev–Trinajstić information content (AvgIpc) is 3.39. The number of piperazine rings is 1. The molecule has 12 heteroatoms. The average molecular weight is 603 g/mol. The highest BCUT2D eigenvalue weighted by atomic mass is 32.2. The van der Waals surface area contributed by atoms with E-state index in [1.54, 1.807) is 38.4 Å². The normalized spacial score (nSPS) is 18.4. The van der Waals surface area contributed by atoms with Gasteiger partial charge >= 0.3 is 6.09 Å². The largest absolute Gasteiger partial charge is 0.447 e. The number of carbonyl (C=O) groups excluding carboxylic acids is 2. The Morgan fingerprint density at radius 3 is 2.26 bits per heavy atom. The smallest absolute Gasteiger partial charge is 0.416 e. The number of hydrogen-bond acceptors (Lipinski definition) is 9. The van der Waals surface area contributed by atoms with Gasteiger partial charge in [0, 0.05) is 44.1 Å². The SMILES string of the molecule is CC(C)[C@@H](CS(=O)(=O)N1CCN(c2ncc(-c3ccc(C#N)cc3)cn2)CC1)C(=O)N1C(=O)OC[C@H]1Cc1ccccc1. The van der Waals surface area contributed by atoms with Crippen molar-refractivity contribution >= 4 is 28.0 Å². The summed E-state index contributed by atoms with van der Waals surface area (Å²) in [6, 6.07) is 18.3. The topological polar surface area (TPSA) is 137 Å². The highest BCUT2D eigenvalue weighted by molar-refractivity contribution is 7.89. The van der Waals surface area contributed by atoms with E-state index < -0.39 is 34.0 Å². The Balaban J connectivity index is 1.21. The molecule has 0 unspecified atom stereocenters. The van der Waals surface area contributed by atoms with Crippen LogP contribution in [0, 0.1) is 23.2 Å². The second kappa shape index (κ2) is 12.9. The summed E-state index contributed by atoms with van der Waals surface area (Å²) in [5, 5.41) is 8.99. The van der Waals surface area contributed by atoms with Crippen molar-refractivity contribution in [3.63, 3.8) is 0 Å². The quantitative estimate of drug-likeness (QED) is 0.361. The summed E-state index contributed by atoms with van der Waals surface area (Å²) >= 11 is 0. The fourth-order valence-corrected chi connectivity index (χ4v) is 7.28. The second-order valence-corrected chi connectivity index (χ2v) is 13.1. The van der Waals surface area contributed by atoms with Crippen LogP contribution in [0.3, 0.4) is 0 Å². The molecule has 3 aromatic rings. The van der Waals surface area contributed by atoms with E-state index in [-0.39, 0.29) is 31.4 Å². The van der Waals surface area contributed by atoms with E-state index in [0.717, 1.165) is 21.6 Å². The first-order valence-corrected chi connectivity index (χ1v) is 15.9. The number of aromatic nitrogens is 2. The third-order valence-electron chi connectivity index (χ3n) is 7.93. The molecule has 2 aliphatic rings. The van der Waals surface area contributed by atoms with Gasteiger partial charge in [-0.3, -0.25) is 4.79 Å². The van der Waals surface area contributed by atoms with Crippen LogP contribution >= 0.6 is 0 Å². The van der Waals surface area contributed by atoms with Crippen LogP contribution in [0.25, 0.3) is 11.1 Å². The Morgan fingerprint density at radius 2 is 1.65 bits per heavy atom.